The summed E-state index contributed by atoms with van der Waals surface area (Å²) < 4.78 is 17.5. The minimum absolute atomic E-state index is 0.0394. The van der Waals surface area contributed by atoms with Crippen LogP contribution in [0.15, 0.2) is 18.2 Å². The molecular formula is C7H9BFNO3. The molecule has 0 fully saturated rings. The summed E-state index contributed by atoms with van der Waals surface area (Å²) in [5, 5.41) is 17.0. The lowest BCUT2D eigenvalue weighted by Crippen LogP contribution is -2.22. The second-order valence-electron chi connectivity index (χ2n) is 2.36. The average molecular weight is 185 g/mol. The van der Waals surface area contributed by atoms with Crippen LogP contribution in [0.2, 0.25) is 0 Å². The molecule has 0 aliphatic heterocycles. The maximum Gasteiger partial charge on any atom is 0.707 e. The standard InChI is InChI=1S/C7H9BFNO3/c9-6-2-1-3-7(5(6)4-10)13-8(11)12/h1-3,11-12H,4,10H2. The van der Waals surface area contributed by atoms with Gasteiger partial charge in [-0.2, -0.15) is 0 Å². The van der Waals surface area contributed by atoms with Gasteiger partial charge in [0.05, 0.1) is 0 Å². The second kappa shape index (κ2) is 4.22. The van der Waals surface area contributed by atoms with E-state index in [0.29, 0.717) is 0 Å². The molecule has 1 rings (SSSR count). The zero-order valence-electron chi connectivity index (χ0n) is 6.77. The molecule has 6 heteroatoms. The van der Waals surface area contributed by atoms with E-state index < -0.39 is 13.1 Å². The van der Waals surface area contributed by atoms with Crippen LogP contribution in [0, 0.1) is 5.82 Å². The Morgan fingerprint density at radius 1 is 1.46 bits per heavy atom. The van der Waals surface area contributed by atoms with E-state index in [2.05, 4.69) is 4.65 Å². The summed E-state index contributed by atoms with van der Waals surface area (Å²) in [6.07, 6.45) is 0. The number of rotatable bonds is 3. The molecule has 0 unspecified atom stereocenters. The van der Waals surface area contributed by atoms with E-state index in [1.165, 1.54) is 18.2 Å². The predicted octanol–water partition coefficient (Wildman–Crippen LogP) is -0.367. The number of halogens is 1. The molecule has 0 amide bonds. The Labute approximate surface area is 74.9 Å². The lowest BCUT2D eigenvalue weighted by Gasteiger charge is -2.09. The molecule has 4 nitrogen and oxygen atoms in total. The van der Waals surface area contributed by atoms with Crippen LogP contribution < -0.4 is 10.4 Å². The summed E-state index contributed by atoms with van der Waals surface area (Å²) in [7, 11) is -1.97. The fraction of sp³-hybridized carbons (Fsp3) is 0.143. The molecule has 0 atom stereocenters. The fourth-order valence-corrected chi connectivity index (χ4v) is 0.961. The highest BCUT2D eigenvalue weighted by molar-refractivity contribution is 6.33. The Bertz CT molecular complexity index is 295. The van der Waals surface area contributed by atoms with E-state index in [0.717, 1.165) is 0 Å². The first-order valence-electron chi connectivity index (χ1n) is 3.65. The van der Waals surface area contributed by atoms with E-state index in [4.69, 9.17) is 15.8 Å². The molecule has 0 saturated heterocycles. The van der Waals surface area contributed by atoms with Crippen LogP contribution in [-0.2, 0) is 6.54 Å². The maximum absolute atomic E-state index is 13.0. The van der Waals surface area contributed by atoms with Gasteiger partial charge in [0.1, 0.15) is 11.6 Å². The van der Waals surface area contributed by atoms with Gasteiger partial charge in [0, 0.05) is 12.1 Å². The number of benzene rings is 1. The van der Waals surface area contributed by atoms with Crippen molar-refractivity contribution in [2.75, 3.05) is 0 Å². The van der Waals surface area contributed by atoms with Gasteiger partial charge in [0.15, 0.2) is 0 Å². The normalized spacial score (nSPS) is 9.85. The summed E-state index contributed by atoms with van der Waals surface area (Å²) in [4.78, 5) is 0. The molecule has 0 heterocycles. The molecule has 0 aromatic heterocycles. The Morgan fingerprint density at radius 3 is 2.69 bits per heavy atom. The van der Waals surface area contributed by atoms with Crippen LogP contribution in [0.5, 0.6) is 5.75 Å². The molecule has 70 valence electrons. The summed E-state index contributed by atoms with van der Waals surface area (Å²) in [6, 6.07) is 4.02. The number of hydrogen-bond acceptors (Lipinski definition) is 4. The summed E-state index contributed by atoms with van der Waals surface area (Å²) >= 11 is 0. The molecule has 0 bridgehead atoms. The van der Waals surface area contributed by atoms with Gasteiger partial charge in [0.25, 0.3) is 0 Å². The number of hydrogen-bond donors (Lipinski definition) is 3. The second-order valence-corrected chi connectivity index (χ2v) is 2.36. The third-order valence-electron chi connectivity index (χ3n) is 1.51. The van der Waals surface area contributed by atoms with Crippen molar-refractivity contribution in [3.05, 3.63) is 29.6 Å². The van der Waals surface area contributed by atoms with Crippen LogP contribution in [0.3, 0.4) is 0 Å². The highest BCUT2D eigenvalue weighted by Crippen LogP contribution is 2.20. The Hall–Kier alpha value is -1.11. The minimum Gasteiger partial charge on any atom is -0.512 e. The smallest absolute Gasteiger partial charge is 0.512 e. The molecule has 1 aromatic rings. The lowest BCUT2D eigenvalue weighted by molar-refractivity contribution is 0.286. The first-order valence-corrected chi connectivity index (χ1v) is 3.65. The third kappa shape index (κ3) is 2.41. The lowest BCUT2D eigenvalue weighted by atomic mass is 10.1. The molecule has 0 spiro atoms. The molecular weight excluding hydrogens is 176 g/mol. The highest BCUT2D eigenvalue weighted by atomic mass is 19.1. The van der Waals surface area contributed by atoms with Gasteiger partial charge in [-0.3, -0.25) is 0 Å². The Kier molecular flexibility index (Phi) is 3.24. The first-order chi connectivity index (χ1) is 6.15. The molecule has 0 saturated carbocycles. The summed E-state index contributed by atoms with van der Waals surface area (Å²) in [6.45, 7) is -0.0608. The van der Waals surface area contributed by atoms with Gasteiger partial charge in [-0.1, -0.05) is 6.07 Å². The van der Waals surface area contributed by atoms with Gasteiger partial charge < -0.3 is 20.4 Å². The third-order valence-corrected chi connectivity index (χ3v) is 1.51. The molecule has 0 aliphatic rings. The van der Waals surface area contributed by atoms with Crippen molar-refractivity contribution in [2.45, 2.75) is 6.54 Å². The molecule has 4 N–H and O–H groups in total. The molecule has 0 aliphatic carbocycles. The van der Waals surface area contributed by atoms with Crippen molar-refractivity contribution in [3.8, 4) is 5.75 Å². The van der Waals surface area contributed by atoms with Crippen LogP contribution in [-0.4, -0.2) is 17.4 Å². The van der Waals surface area contributed by atoms with Gasteiger partial charge in [0.2, 0.25) is 0 Å². The van der Waals surface area contributed by atoms with E-state index in [1.807, 2.05) is 0 Å². The SMILES string of the molecule is NCc1c(F)cccc1OB(O)O. The topological polar surface area (TPSA) is 75.7 Å². The van der Waals surface area contributed by atoms with Crippen molar-refractivity contribution >= 4 is 7.32 Å². The molecule has 0 radical (unpaired) electrons. The van der Waals surface area contributed by atoms with Gasteiger partial charge in [-0.05, 0) is 12.1 Å². The van der Waals surface area contributed by atoms with Crippen LogP contribution in [0.25, 0.3) is 0 Å². The van der Waals surface area contributed by atoms with Crippen molar-refractivity contribution in [1.29, 1.82) is 0 Å². The van der Waals surface area contributed by atoms with E-state index in [9.17, 15) is 4.39 Å². The van der Waals surface area contributed by atoms with Crippen LogP contribution in [0.1, 0.15) is 5.56 Å². The van der Waals surface area contributed by atoms with Crippen molar-refractivity contribution < 1.29 is 19.1 Å². The summed E-state index contributed by atoms with van der Waals surface area (Å²) in [5.41, 5.74) is 5.36. The summed E-state index contributed by atoms with van der Waals surface area (Å²) in [5.74, 6) is -0.488. The van der Waals surface area contributed by atoms with Crippen molar-refractivity contribution in [2.24, 2.45) is 5.73 Å². The highest BCUT2D eigenvalue weighted by Gasteiger charge is 2.15. The quantitative estimate of drug-likeness (QED) is 0.561. The minimum atomic E-state index is -1.97. The van der Waals surface area contributed by atoms with Crippen molar-refractivity contribution in [1.82, 2.24) is 0 Å². The van der Waals surface area contributed by atoms with Crippen LogP contribution in [0.4, 0.5) is 4.39 Å². The monoisotopic (exact) mass is 185 g/mol. The Balaban J connectivity index is 2.98. The maximum atomic E-state index is 13.0. The van der Waals surface area contributed by atoms with Gasteiger partial charge in [-0.15, -0.1) is 0 Å². The predicted molar refractivity (Wildman–Crippen MR) is 45.1 cm³/mol. The van der Waals surface area contributed by atoms with Crippen LogP contribution >= 0.6 is 0 Å². The zero-order valence-corrected chi connectivity index (χ0v) is 6.77. The average Bonchev–Trinajstić information content (AvgIpc) is 2.03. The van der Waals surface area contributed by atoms with Gasteiger partial charge >= 0.3 is 7.32 Å². The zero-order chi connectivity index (χ0) is 9.84. The first kappa shape index (κ1) is 9.98. The van der Waals surface area contributed by atoms with E-state index in [-0.39, 0.29) is 17.9 Å². The van der Waals surface area contributed by atoms with E-state index in [1.54, 1.807) is 0 Å². The molecule has 1 aromatic carbocycles. The molecule has 13 heavy (non-hydrogen) atoms. The fourth-order valence-electron chi connectivity index (χ4n) is 0.961. The van der Waals surface area contributed by atoms with E-state index >= 15 is 0 Å². The van der Waals surface area contributed by atoms with Gasteiger partial charge in [-0.25, -0.2) is 4.39 Å². The number of nitrogens with two attached hydrogens (primary N) is 1. The Morgan fingerprint density at radius 2 is 2.15 bits per heavy atom. The van der Waals surface area contributed by atoms with Crippen molar-refractivity contribution in [3.63, 3.8) is 0 Å². The largest absolute Gasteiger partial charge is 0.707 e.